The number of hydrogen-bond acceptors (Lipinski definition) is 4. The van der Waals surface area contributed by atoms with Gasteiger partial charge in [-0.15, -0.1) is 0 Å². The van der Waals surface area contributed by atoms with Gasteiger partial charge in [0.15, 0.2) is 0 Å². The first-order chi connectivity index (χ1) is 13.5. The molecule has 5 nitrogen and oxygen atoms in total. The van der Waals surface area contributed by atoms with Crippen LogP contribution in [0, 0.1) is 0 Å². The average Bonchev–Trinajstić information content (AvgIpc) is 2.73. The number of fused-ring (bicyclic) bond motifs is 1. The molecule has 0 radical (unpaired) electrons. The van der Waals surface area contributed by atoms with Gasteiger partial charge in [-0.2, -0.15) is 4.31 Å². The zero-order valence-corrected chi connectivity index (χ0v) is 17.6. The second-order valence-electron chi connectivity index (χ2n) is 7.35. The number of sulfonamides is 1. The third-order valence-electron chi connectivity index (χ3n) is 5.66. The van der Waals surface area contributed by atoms with Crippen LogP contribution in [0.1, 0.15) is 24.0 Å². The van der Waals surface area contributed by atoms with Crippen molar-refractivity contribution < 1.29 is 13.2 Å². The minimum absolute atomic E-state index is 0.298. The van der Waals surface area contributed by atoms with Crippen molar-refractivity contribution in [3.8, 4) is 5.75 Å². The Hall–Kier alpha value is -1.76. The van der Waals surface area contributed by atoms with E-state index < -0.39 is 10.0 Å². The summed E-state index contributed by atoms with van der Waals surface area (Å²) in [6, 6.07) is 11.4. The molecule has 7 heteroatoms. The molecule has 1 aliphatic heterocycles. The number of methoxy groups -OCH3 is 1. The Morgan fingerprint density at radius 1 is 0.964 bits per heavy atom. The molecule has 0 atom stereocenters. The lowest BCUT2D eigenvalue weighted by atomic mass is 9.92. The van der Waals surface area contributed by atoms with Crippen molar-refractivity contribution >= 4 is 27.3 Å². The molecule has 2 aliphatic rings. The molecule has 28 heavy (non-hydrogen) atoms. The van der Waals surface area contributed by atoms with Crippen LogP contribution in [0.4, 0.5) is 5.69 Å². The lowest BCUT2D eigenvalue weighted by Crippen LogP contribution is -2.48. The lowest BCUT2D eigenvalue weighted by Gasteiger charge is -2.35. The van der Waals surface area contributed by atoms with Gasteiger partial charge in [0.2, 0.25) is 10.0 Å². The number of hydrogen-bond donors (Lipinski definition) is 0. The van der Waals surface area contributed by atoms with Gasteiger partial charge in [-0.1, -0.05) is 17.7 Å². The first-order valence-corrected chi connectivity index (χ1v) is 11.5. The molecule has 1 aliphatic carbocycles. The van der Waals surface area contributed by atoms with Crippen LogP contribution in [-0.2, 0) is 22.9 Å². The van der Waals surface area contributed by atoms with E-state index in [1.54, 1.807) is 11.4 Å². The van der Waals surface area contributed by atoms with Gasteiger partial charge in [-0.05, 0) is 67.1 Å². The normalized spacial score (nSPS) is 18.0. The van der Waals surface area contributed by atoms with Crippen LogP contribution in [0.5, 0.6) is 5.75 Å². The Morgan fingerprint density at radius 2 is 1.64 bits per heavy atom. The third-order valence-corrected chi connectivity index (χ3v) is 7.81. The quantitative estimate of drug-likeness (QED) is 0.756. The maximum absolute atomic E-state index is 13.4. The zero-order chi connectivity index (χ0) is 19.7. The molecule has 1 saturated heterocycles. The number of ether oxygens (including phenoxy) is 1. The van der Waals surface area contributed by atoms with E-state index in [1.165, 1.54) is 5.56 Å². The van der Waals surface area contributed by atoms with E-state index in [9.17, 15) is 8.42 Å². The van der Waals surface area contributed by atoms with E-state index in [1.807, 2.05) is 36.4 Å². The van der Waals surface area contributed by atoms with Crippen molar-refractivity contribution in [2.45, 2.75) is 30.6 Å². The second kappa shape index (κ2) is 7.93. The highest BCUT2D eigenvalue weighted by Gasteiger charge is 2.32. The minimum Gasteiger partial charge on any atom is -0.495 e. The standard InChI is InChI=1S/C21H25ClN2O3S/c1-27-20-13-16-5-2-3-6-17(16)14-21(20)28(25,26)24-11-9-23(10-12-24)19-8-4-7-18(22)15-19/h4,7-8,13-15H,2-3,5-6,9-12H2,1H3. The summed E-state index contributed by atoms with van der Waals surface area (Å²) < 4.78 is 33.7. The Balaban J connectivity index is 1.56. The Kier molecular flexibility index (Phi) is 5.54. The topological polar surface area (TPSA) is 49.9 Å². The second-order valence-corrected chi connectivity index (χ2v) is 9.69. The molecule has 2 aromatic rings. The van der Waals surface area contributed by atoms with Gasteiger partial charge in [0, 0.05) is 36.9 Å². The third kappa shape index (κ3) is 3.73. The highest BCUT2D eigenvalue weighted by molar-refractivity contribution is 7.89. The van der Waals surface area contributed by atoms with Crippen LogP contribution in [0.15, 0.2) is 41.3 Å². The number of halogens is 1. The maximum Gasteiger partial charge on any atom is 0.246 e. The van der Waals surface area contributed by atoms with E-state index in [2.05, 4.69) is 4.90 Å². The van der Waals surface area contributed by atoms with Gasteiger partial charge < -0.3 is 9.64 Å². The summed E-state index contributed by atoms with van der Waals surface area (Å²) in [5.74, 6) is 0.456. The molecular formula is C21H25ClN2O3S. The molecule has 0 amide bonds. The van der Waals surface area contributed by atoms with Crippen molar-refractivity contribution in [2.75, 3.05) is 38.2 Å². The Morgan fingerprint density at radius 3 is 2.29 bits per heavy atom. The lowest BCUT2D eigenvalue weighted by molar-refractivity contribution is 0.373. The molecule has 150 valence electrons. The largest absolute Gasteiger partial charge is 0.495 e. The summed E-state index contributed by atoms with van der Waals surface area (Å²) in [5, 5.41) is 0.686. The van der Waals surface area contributed by atoms with Crippen LogP contribution in [-0.4, -0.2) is 46.0 Å². The fourth-order valence-corrected chi connectivity index (χ4v) is 5.89. The monoisotopic (exact) mass is 420 g/mol. The van der Waals surface area contributed by atoms with Gasteiger partial charge in [0.1, 0.15) is 10.6 Å². The van der Waals surface area contributed by atoms with E-state index >= 15 is 0 Å². The van der Waals surface area contributed by atoms with Crippen LogP contribution in [0.25, 0.3) is 0 Å². The molecular weight excluding hydrogens is 396 g/mol. The predicted octanol–water partition coefficient (Wildman–Crippen LogP) is 3.74. The van der Waals surface area contributed by atoms with Crippen LogP contribution in [0.3, 0.4) is 0 Å². The zero-order valence-electron chi connectivity index (χ0n) is 16.0. The van der Waals surface area contributed by atoms with Gasteiger partial charge in [0.25, 0.3) is 0 Å². The van der Waals surface area contributed by atoms with E-state index in [-0.39, 0.29) is 0 Å². The molecule has 2 aromatic carbocycles. The van der Waals surface area contributed by atoms with Gasteiger partial charge in [-0.25, -0.2) is 8.42 Å². The van der Waals surface area contributed by atoms with Crippen molar-refractivity contribution in [1.82, 2.24) is 4.31 Å². The summed E-state index contributed by atoms with van der Waals surface area (Å²) in [6.07, 6.45) is 4.18. The maximum atomic E-state index is 13.4. The summed E-state index contributed by atoms with van der Waals surface area (Å²) in [6.45, 7) is 2.14. The number of anilines is 1. The summed E-state index contributed by atoms with van der Waals surface area (Å²) in [7, 11) is -2.05. The van der Waals surface area contributed by atoms with E-state index in [0.29, 0.717) is 41.8 Å². The molecule has 4 rings (SSSR count). The number of aryl methyl sites for hydroxylation is 2. The molecule has 0 N–H and O–H groups in total. The fraction of sp³-hybridized carbons (Fsp3) is 0.429. The van der Waals surface area contributed by atoms with Gasteiger partial charge >= 0.3 is 0 Å². The van der Waals surface area contributed by atoms with Crippen LogP contribution < -0.4 is 9.64 Å². The van der Waals surface area contributed by atoms with Gasteiger partial charge in [-0.3, -0.25) is 0 Å². The fourth-order valence-electron chi connectivity index (χ4n) is 4.10. The Labute approximate surface area is 171 Å². The first kappa shape index (κ1) is 19.6. The average molecular weight is 421 g/mol. The highest BCUT2D eigenvalue weighted by Crippen LogP contribution is 2.34. The van der Waals surface area contributed by atoms with E-state index in [0.717, 1.165) is 36.9 Å². The minimum atomic E-state index is -3.60. The molecule has 0 saturated carbocycles. The number of nitrogens with zero attached hydrogens (tertiary/aromatic N) is 2. The van der Waals surface area contributed by atoms with Crippen molar-refractivity contribution in [2.24, 2.45) is 0 Å². The molecule has 0 spiro atoms. The molecule has 1 fully saturated rings. The molecule has 0 aromatic heterocycles. The summed E-state index contributed by atoms with van der Waals surface area (Å²) in [4.78, 5) is 2.47. The van der Waals surface area contributed by atoms with Gasteiger partial charge in [0.05, 0.1) is 7.11 Å². The van der Waals surface area contributed by atoms with Crippen molar-refractivity contribution in [3.63, 3.8) is 0 Å². The predicted molar refractivity (Wildman–Crippen MR) is 112 cm³/mol. The Bertz CT molecular complexity index is 970. The summed E-state index contributed by atoms with van der Waals surface area (Å²) >= 11 is 6.09. The highest BCUT2D eigenvalue weighted by atomic mass is 35.5. The summed E-state index contributed by atoms with van der Waals surface area (Å²) in [5.41, 5.74) is 3.38. The molecule has 0 unspecified atom stereocenters. The number of benzene rings is 2. The van der Waals surface area contributed by atoms with Crippen molar-refractivity contribution in [1.29, 1.82) is 0 Å². The molecule has 1 heterocycles. The molecule has 0 bridgehead atoms. The number of rotatable bonds is 4. The van der Waals surface area contributed by atoms with Crippen molar-refractivity contribution in [3.05, 3.63) is 52.5 Å². The number of piperazine rings is 1. The SMILES string of the molecule is COc1cc2c(cc1S(=O)(=O)N1CCN(c3cccc(Cl)c3)CC1)CCCC2. The van der Waals surface area contributed by atoms with Crippen LogP contribution >= 0.6 is 11.6 Å². The first-order valence-electron chi connectivity index (χ1n) is 9.69. The van der Waals surface area contributed by atoms with E-state index in [4.69, 9.17) is 16.3 Å². The van der Waals surface area contributed by atoms with Crippen LogP contribution in [0.2, 0.25) is 5.02 Å². The smallest absolute Gasteiger partial charge is 0.246 e.